The Balaban J connectivity index is 2.38. The fourth-order valence-electron chi connectivity index (χ4n) is 2.26. The smallest absolute Gasteiger partial charge is 0.124 e. The molecule has 0 aliphatic carbocycles. The molecule has 0 saturated heterocycles. The van der Waals surface area contributed by atoms with Crippen molar-refractivity contribution in [3.05, 3.63) is 51.7 Å². The SMILES string of the molecule is CCNC(c1ccc(C)s1)c1ccccc1OC(C)C. The van der Waals surface area contributed by atoms with Gasteiger partial charge in [-0.2, -0.15) is 0 Å². The Morgan fingerprint density at radius 2 is 1.90 bits per heavy atom. The molecule has 1 aromatic carbocycles. The van der Waals surface area contributed by atoms with Crippen LogP contribution in [-0.4, -0.2) is 12.6 Å². The maximum absolute atomic E-state index is 5.97. The van der Waals surface area contributed by atoms with Crippen molar-refractivity contribution >= 4 is 11.3 Å². The number of nitrogens with one attached hydrogen (secondary N) is 1. The molecule has 1 unspecified atom stereocenters. The van der Waals surface area contributed by atoms with Crippen molar-refractivity contribution < 1.29 is 4.74 Å². The van der Waals surface area contributed by atoms with Gasteiger partial charge >= 0.3 is 0 Å². The van der Waals surface area contributed by atoms with Crippen molar-refractivity contribution in [1.29, 1.82) is 0 Å². The van der Waals surface area contributed by atoms with Gasteiger partial charge in [0.15, 0.2) is 0 Å². The number of ether oxygens (including phenoxy) is 1. The first-order valence-corrected chi connectivity index (χ1v) is 7.98. The van der Waals surface area contributed by atoms with Crippen molar-refractivity contribution in [2.24, 2.45) is 0 Å². The van der Waals surface area contributed by atoms with Gasteiger partial charge in [0.25, 0.3) is 0 Å². The summed E-state index contributed by atoms with van der Waals surface area (Å²) in [5, 5.41) is 3.57. The van der Waals surface area contributed by atoms with Crippen molar-refractivity contribution in [3.63, 3.8) is 0 Å². The Morgan fingerprint density at radius 1 is 1.15 bits per heavy atom. The van der Waals surface area contributed by atoms with Gasteiger partial charge in [0, 0.05) is 15.3 Å². The van der Waals surface area contributed by atoms with E-state index in [-0.39, 0.29) is 12.1 Å². The lowest BCUT2D eigenvalue weighted by Crippen LogP contribution is -2.22. The van der Waals surface area contributed by atoms with E-state index in [0.29, 0.717) is 0 Å². The quantitative estimate of drug-likeness (QED) is 0.843. The molecule has 1 atom stereocenters. The summed E-state index contributed by atoms with van der Waals surface area (Å²) < 4.78 is 5.97. The number of hydrogen-bond acceptors (Lipinski definition) is 3. The van der Waals surface area contributed by atoms with Gasteiger partial charge in [-0.3, -0.25) is 0 Å². The second-order valence-electron chi connectivity index (χ2n) is 5.14. The van der Waals surface area contributed by atoms with Crippen LogP contribution in [-0.2, 0) is 0 Å². The maximum atomic E-state index is 5.97. The molecule has 1 heterocycles. The van der Waals surface area contributed by atoms with Crippen molar-refractivity contribution in [1.82, 2.24) is 5.32 Å². The highest BCUT2D eigenvalue weighted by molar-refractivity contribution is 7.12. The largest absolute Gasteiger partial charge is 0.491 e. The second-order valence-corrected chi connectivity index (χ2v) is 6.46. The van der Waals surface area contributed by atoms with E-state index in [4.69, 9.17) is 4.74 Å². The molecular weight excluding hydrogens is 266 g/mol. The van der Waals surface area contributed by atoms with Crippen LogP contribution in [0.25, 0.3) is 0 Å². The van der Waals surface area contributed by atoms with Crippen LogP contribution < -0.4 is 10.1 Å². The minimum atomic E-state index is 0.184. The highest BCUT2D eigenvalue weighted by atomic mass is 32.1. The van der Waals surface area contributed by atoms with Gasteiger partial charge in [-0.1, -0.05) is 25.1 Å². The van der Waals surface area contributed by atoms with Crippen molar-refractivity contribution in [2.75, 3.05) is 6.54 Å². The van der Waals surface area contributed by atoms with E-state index >= 15 is 0 Å². The van der Waals surface area contributed by atoms with E-state index in [1.165, 1.54) is 15.3 Å². The van der Waals surface area contributed by atoms with Gasteiger partial charge in [0.05, 0.1) is 12.1 Å². The van der Waals surface area contributed by atoms with Gasteiger partial charge in [-0.15, -0.1) is 11.3 Å². The van der Waals surface area contributed by atoms with E-state index in [0.717, 1.165) is 12.3 Å². The van der Waals surface area contributed by atoms with Crippen LogP contribution in [0.2, 0.25) is 0 Å². The molecule has 0 aliphatic rings. The van der Waals surface area contributed by atoms with Crippen LogP contribution in [0, 0.1) is 6.92 Å². The van der Waals surface area contributed by atoms with Crippen molar-refractivity contribution in [2.45, 2.75) is 39.8 Å². The Kier molecular flexibility index (Phi) is 5.21. The van der Waals surface area contributed by atoms with E-state index in [1.807, 2.05) is 17.4 Å². The molecule has 1 N–H and O–H groups in total. The first-order valence-electron chi connectivity index (χ1n) is 7.17. The number of rotatable bonds is 6. The molecule has 0 bridgehead atoms. The first kappa shape index (κ1) is 15.1. The van der Waals surface area contributed by atoms with Crippen LogP contribution in [0.4, 0.5) is 0 Å². The minimum absolute atomic E-state index is 0.184. The van der Waals surface area contributed by atoms with Gasteiger partial charge in [0.2, 0.25) is 0 Å². The first-order chi connectivity index (χ1) is 9.61. The standard InChI is InChI=1S/C17H23NOS/c1-5-18-17(16-11-10-13(4)20-16)14-8-6-7-9-15(14)19-12(2)3/h6-12,17-18H,5H2,1-4H3. The van der Waals surface area contributed by atoms with E-state index in [2.05, 4.69) is 63.3 Å². The molecule has 0 saturated carbocycles. The zero-order chi connectivity index (χ0) is 14.5. The van der Waals surface area contributed by atoms with Gasteiger partial charge < -0.3 is 10.1 Å². The molecule has 2 nitrogen and oxygen atoms in total. The molecule has 3 heteroatoms. The monoisotopic (exact) mass is 289 g/mol. The third-order valence-electron chi connectivity index (χ3n) is 3.05. The molecule has 2 aromatic rings. The van der Waals surface area contributed by atoms with Gasteiger partial charge in [-0.25, -0.2) is 0 Å². The number of aryl methyl sites for hydroxylation is 1. The molecule has 2 rings (SSSR count). The van der Waals surface area contributed by atoms with Crippen LogP contribution in [0.1, 0.15) is 42.1 Å². The normalized spacial score (nSPS) is 12.7. The average Bonchev–Trinajstić information content (AvgIpc) is 2.83. The molecule has 1 aromatic heterocycles. The zero-order valence-electron chi connectivity index (χ0n) is 12.6. The summed E-state index contributed by atoms with van der Waals surface area (Å²) in [6, 6.07) is 12.9. The Labute approximate surface area is 125 Å². The predicted molar refractivity (Wildman–Crippen MR) is 86.8 cm³/mol. The highest BCUT2D eigenvalue weighted by Crippen LogP contribution is 2.33. The Hall–Kier alpha value is -1.32. The molecule has 0 fully saturated rings. The van der Waals surface area contributed by atoms with Gasteiger partial charge in [-0.05, 0) is 45.5 Å². The number of para-hydroxylation sites is 1. The zero-order valence-corrected chi connectivity index (χ0v) is 13.5. The van der Waals surface area contributed by atoms with Crippen LogP contribution >= 0.6 is 11.3 Å². The summed E-state index contributed by atoms with van der Waals surface area (Å²) in [5.74, 6) is 0.972. The lowest BCUT2D eigenvalue weighted by Gasteiger charge is -2.21. The molecule has 0 radical (unpaired) electrons. The predicted octanol–water partition coefficient (Wildman–Crippen LogP) is 4.54. The molecule has 0 amide bonds. The van der Waals surface area contributed by atoms with Crippen LogP contribution in [0.5, 0.6) is 5.75 Å². The summed E-state index contributed by atoms with van der Waals surface area (Å²) >= 11 is 1.84. The summed E-state index contributed by atoms with van der Waals surface area (Å²) in [4.78, 5) is 2.68. The topological polar surface area (TPSA) is 21.3 Å². The third-order valence-corrected chi connectivity index (χ3v) is 4.11. The fourth-order valence-corrected chi connectivity index (χ4v) is 3.23. The van der Waals surface area contributed by atoms with Crippen molar-refractivity contribution in [3.8, 4) is 5.75 Å². The summed E-state index contributed by atoms with van der Waals surface area (Å²) in [6.45, 7) is 9.34. The highest BCUT2D eigenvalue weighted by Gasteiger charge is 2.19. The molecule has 108 valence electrons. The summed E-state index contributed by atoms with van der Waals surface area (Å²) in [7, 11) is 0. The molecule has 0 aliphatic heterocycles. The van der Waals surface area contributed by atoms with Crippen LogP contribution in [0.15, 0.2) is 36.4 Å². The molecule has 0 spiro atoms. The molecular formula is C17H23NOS. The minimum Gasteiger partial charge on any atom is -0.491 e. The van der Waals surface area contributed by atoms with E-state index in [9.17, 15) is 0 Å². The summed E-state index contributed by atoms with van der Waals surface area (Å²) in [5.41, 5.74) is 1.21. The Bertz CT molecular complexity index is 547. The van der Waals surface area contributed by atoms with E-state index < -0.39 is 0 Å². The lowest BCUT2D eigenvalue weighted by molar-refractivity contribution is 0.238. The third kappa shape index (κ3) is 3.62. The Morgan fingerprint density at radius 3 is 2.50 bits per heavy atom. The fraction of sp³-hybridized carbons (Fsp3) is 0.412. The number of thiophene rings is 1. The summed E-state index contributed by atoms with van der Waals surface area (Å²) in [6.07, 6.45) is 0.184. The number of hydrogen-bond donors (Lipinski definition) is 1. The van der Waals surface area contributed by atoms with Gasteiger partial charge in [0.1, 0.15) is 5.75 Å². The maximum Gasteiger partial charge on any atom is 0.124 e. The van der Waals surface area contributed by atoms with Crippen LogP contribution in [0.3, 0.4) is 0 Å². The van der Waals surface area contributed by atoms with E-state index in [1.54, 1.807) is 0 Å². The average molecular weight is 289 g/mol. The second kappa shape index (κ2) is 6.91. The number of benzene rings is 1. The lowest BCUT2D eigenvalue weighted by atomic mass is 10.0. The molecule has 20 heavy (non-hydrogen) atoms.